The van der Waals surface area contributed by atoms with Crippen molar-refractivity contribution in [1.82, 2.24) is 9.88 Å². The molecule has 2 N–H and O–H groups in total. The molecular weight excluding hydrogens is 226 g/mol. The van der Waals surface area contributed by atoms with Crippen molar-refractivity contribution in [2.45, 2.75) is 26.2 Å². The van der Waals surface area contributed by atoms with Crippen molar-refractivity contribution in [2.24, 2.45) is 11.7 Å². The Hall–Kier alpha value is -1.42. The van der Waals surface area contributed by atoms with E-state index in [1.807, 2.05) is 17.9 Å². The molecule has 0 bridgehead atoms. The molecule has 0 spiro atoms. The van der Waals surface area contributed by atoms with Crippen LogP contribution in [-0.4, -0.2) is 35.4 Å². The van der Waals surface area contributed by atoms with Gasteiger partial charge >= 0.3 is 0 Å². The monoisotopic (exact) mass is 247 g/mol. The van der Waals surface area contributed by atoms with E-state index in [0.29, 0.717) is 5.92 Å². The van der Waals surface area contributed by atoms with Crippen LogP contribution in [0.4, 0.5) is 0 Å². The highest BCUT2D eigenvalue weighted by Crippen LogP contribution is 2.21. The van der Waals surface area contributed by atoms with Crippen molar-refractivity contribution in [1.29, 1.82) is 0 Å². The Morgan fingerprint density at radius 1 is 1.50 bits per heavy atom. The molecule has 18 heavy (non-hydrogen) atoms. The fourth-order valence-electron chi connectivity index (χ4n) is 2.52. The Balaban J connectivity index is 1.95. The average Bonchev–Trinajstić information content (AvgIpc) is 2.39. The van der Waals surface area contributed by atoms with Crippen LogP contribution in [0, 0.1) is 12.8 Å². The lowest BCUT2D eigenvalue weighted by Crippen LogP contribution is -2.38. The zero-order valence-corrected chi connectivity index (χ0v) is 10.9. The Morgan fingerprint density at radius 2 is 2.22 bits per heavy atom. The molecule has 1 aliphatic rings. The van der Waals surface area contributed by atoms with Gasteiger partial charge < -0.3 is 10.6 Å². The number of aryl methyl sites for hydroxylation is 1. The Morgan fingerprint density at radius 3 is 2.83 bits per heavy atom. The summed E-state index contributed by atoms with van der Waals surface area (Å²) in [5.74, 6) is 0.824. The maximum atomic E-state index is 12.3. The molecule has 1 aromatic rings. The highest BCUT2D eigenvalue weighted by Gasteiger charge is 2.23. The van der Waals surface area contributed by atoms with Gasteiger partial charge in [0.05, 0.1) is 0 Å². The minimum absolute atomic E-state index is 0.131. The molecule has 1 aliphatic heterocycles. The van der Waals surface area contributed by atoms with Crippen molar-refractivity contribution in [3.63, 3.8) is 0 Å². The zero-order valence-electron chi connectivity index (χ0n) is 10.9. The lowest BCUT2D eigenvalue weighted by Gasteiger charge is -2.32. The second kappa shape index (κ2) is 5.96. The van der Waals surface area contributed by atoms with E-state index in [1.165, 1.54) is 0 Å². The molecule has 4 nitrogen and oxygen atoms in total. The quantitative estimate of drug-likeness (QED) is 0.882. The summed E-state index contributed by atoms with van der Waals surface area (Å²) in [6, 6.07) is 3.65. The first-order chi connectivity index (χ1) is 8.70. The first-order valence-corrected chi connectivity index (χ1v) is 6.62. The second-order valence-corrected chi connectivity index (χ2v) is 5.00. The Labute approximate surface area is 108 Å². The summed E-state index contributed by atoms with van der Waals surface area (Å²) in [6.45, 7) is 4.36. The number of likely N-dealkylation sites (tertiary alicyclic amines) is 1. The molecular formula is C14H21N3O. The van der Waals surface area contributed by atoms with Crippen molar-refractivity contribution < 1.29 is 4.79 Å². The predicted octanol–water partition coefficient (Wildman–Crippen LogP) is 1.59. The van der Waals surface area contributed by atoms with Crippen LogP contribution < -0.4 is 5.73 Å². The van der Waals surface area contributed by atoms with E-state index < -0.39 is 0 Å². The minimum atomic E-state index is 0.131. The topological polar surface area (TPSA) is 59.2 Å². The van der Waals surface area contributed by atoms with Gasteiger partial charge in [0, 0.05) is 30.5 Å². The van der Waals surface area contributed by atoms with Gasteiger partial charge in [-0.1, -0.05) is 0 Å². The maximum absolute atomic E-state index is 12.3. The molecule has 1 fully saturated rings. The summed E-state index contributed by atoms with van der Waals surface area (Å²) in [6.07, 6.45) is 4.93. The van der Waals surface area contributed by atoms with E-state index in [-0.39, 0.29) is 5.91 Å². The molecule has 2 rings (SSSR count). The van der Waals surface area contributed by atoms with Gasteiger partial charge in [0.15, 0.2) is 0 Å². The number of pyridine rings is 1. The largest absolute Gasteiger partial charge is 0.339 e. The van der Waals surface area contributed by atoms with E-state index >= 15 is 0 Å². The zero-order chi connectivity index (χ0) is 13.0. The van der Waals surface area contributed by atoms with Gasteiger partial charge in [0.1, 0.15) is 0 Å². The smallest absolute Gasteiger partial charge is 0.253 e. The standard InChI is InChI=1S/C14H21N3O/c1-11-10-13(3-7-16-11)14(18)17-8-4-12(2-6-15)5-9-17/h3,7,10,12H,2,4-6,8-9,15H2,1H3. The van der Waals surface area contributed by atoms with Gasteiger partial charge in [-0.25, -0.2) is 0 Å². The number of amides is 1. The van der Waals surface area contributed by atoms with Crippen LogP contribution in [0.1, 0.15) is 35.3 Å². The molecule has 1 amide bonds. The van der Waals surface area contributed by atoms with E-state index in [0.717, 1.165) is 50.2 Å². The van der Waals surface area contributed by atoms with Crippen LogP contribution in [0.15, 0.2) is 18.3 Å². The van der Waals surface area contributed by atoms with E-state index in [2.05, 4.69) is 4.98 Å². The highest BCUT2D eigenvalue weighted by atomic mass is 16.2. The number of piperidine rings is 1. The van der Waals surface area contributed by atoms with Crippen molar-refractivity contribution in [3.8, 4) is 0 Å². The molecule has 1 saturated heterocycles. The molecule has 0 atom stereocenters. The predicted molar refractivity (Wildman–Crippen MR) is 71.3 cm³/mol. The number of nitrogens with zero attached hydrogens (tertiary/aromatic N) is 2. The summed E-state index contributed by atoms with van der Waals surface area (Å²) in [7, 11) is 0. The normalized spacial score (nSPS) is 16.9. The van der Waals surface area contributed by atoms with Crippen molar-refractivity contribution in [2.75, 3.05) is 19.6 Å². The lowest BCUT2D eigenvalue weighted by atomic mass is 9.93. The molecule has 1 aromatic heterocycles. The number of aromatic nitrogens is 1. The molecule has 0 unspecified atom stereocenters. The minimum Gasteiger partial charge on any atom is -0.339 e. The Bertz CT molecular complexity index is 411. The maximum Gasteiger partial charge on any atom is 0.253 e. The SMILES string of the molecule is Cc1cc(C(=O)N2CCC(CCN)CC2)ccn1. The second-order valence-electron chi connectivity index (χ2n) is 5.00. The van der Waals surface area contributed by atoms with Crippen LogP contribution in [-0.2, 0) is 0 Å². The Kier molecular flexibility index (Phi) is 4.31. The first-order valence-electron chi connectivity index (χ1n) is 6.62. The number of carbonyl (C=O) groups is 1. The molecule has 0 aromatic carbocycles. The highest BCUT2D eigenvalue weighted by molar-refractivity contribution is 5.94. The number of nitrogens with two attached hydrogens (primary N) is 1. The molecule has 0 saturated carbocycles. The fraction of sp³-hybridized carbons (Fsp3) is 0.571. The van der Waals surface area contributed by atoms with Gasteiger partial charge in [0.2, 0.25) is 0 Å². The fourth-order valence-corrected chi connectivity index (χ4v) is 2.52. The first kappa shape index (κ1) is 13.0. The van der Waals surface area contributed by atoms with Crippen molar-refractivity contribution >= 4 is 5.91 Å². The van der Waals surface area contributed by atoms with Crippen LogP contribution in [0.25, 0.3) is 0 Å². The molecule has 0 aliphatic carbocycles. The summed E-state index contributed by atoms with van der Waals surface area (Å²) in [5, 5.41) is 0. The third-order valence-electron chi connectivity index (χ3n) is 3.62. The van der Waals surface area contributed by atoms with Crippen LogP contribution in [0.5, 0.6) is 0 Å². The summed E-state index contributed by atoms with van der Waals surface area (Å²) in [5.41, 5.74) is 7.21. The average molecular weight is 247 g/mol. The molecule has 2 heterocycles. The number of rotatable bonds is 3. The van der Waals surface area contributed by atoms with Crippen LogP contribution >= 0.6 is 0 Å². The van der Waals surface area contributed by atoms with Crippen molar-refractivity contribution in [3.05, 3.63) is 29.6 Å². The van der Waals surface area contributed by atoms with E-state index in [9.17, 15) is 4.79 Å². The summed E-state index contributed by atoms with van der Waals surface area (Å²) >= 11 is 0. The summed E-state index contributed by atoms with van der Waals surface area (Å²) < 4.78 is 0. The molecule has 0 radical (unpaired) electrons. The van der Waals surface area contributed by atoms with Crippen LogP contribution in [0.2, 0.25) is 0 Å². The summed E-state index contributed by atoms with van der Waals surface area (Å²) in [4.78, 5) is 18.4. The third-order valence-corrected chi connectivity index (χ3v) is 3.62. The van der Waals surface area contributed by atoms with E-state index in [1.54, 1.807) is 12.3 Å². The van der Waals surface area contributed by atoms with Crippen LogP contribution in [0.3, 0.4) is 0 Å². The van der Waals surface area contributed by atoms with E-state index in [4.69, 9.17) is 5.73 Å². The van der Waals surface area contributed by atoms with Gasteiger partial charge in [-0.05, 0) is 50.8 Å². The number of carbonyl (C=O) groups excluding carboxylic acids is 1. The number of hydrogen-bond donors (Lipinski definition) is 1. The van der Waals surface area contributed by atoms with Gasteiger partial charge in [-0.2, -0.15) is 0 Å². The van der Waals surface area contributed by atoms with Gasteiger partial charge in [-0.15, -0.1) is 0 Å². The van der Waals surface area contributed by atoms with Gasteiger partial charge in [0.25, 0.3) is 5.91 Å². The number of hydrogen-bond acceptors (Lipinski definition) is 3. The molecule has 98 valence electrons. The van der Waals surface area contributed by atoms with Gasteiger partial charge in [-0.3, -0.25) is 9.78 Å². The molecule has 4 heteroatoms. The third kappa shape index (κ3) is 3.07. The lowest BCUT2D eigenvalue weighted by molar-refractivity contribution is 0.0687.